The Hall–Kier alpha value is -2.19. The lowest BCUT2D eigenvalue weighted by molar-refractivity contribution is -0.122. The number of ether oxygens (including phenoxy) is 2. The normalized spacial score (nSPS) is 22.4. The van der Waals surface area contributed by atoms with Crippen LogP contribution in [0.25, 0.3) is 0 Å². The number of carbonyl (C=O) groups excluding carboxylic acids is 2. The van der Waals surface area contributed by atoms with Crippen molar-refractivity contribution in [2.24, 2.45) is 0 Å². The van der Waals surface area contributed by atoms with Gasteiger partial charge in [-0.25, -0.2) is 4.98 Å². The van der Waals surface area contributed by atoms with Crippen LogP contribution in [-0.4, -0.2) is 60.7 Å². The van der Waals surface area contributed by atoms with Crippen molar-refractivity contribution in [2.45, 2.75) is 57.3 Å². The molecule has 1 saturated carbocycles. The Labute approximate surface area is 165 Å². The van der Waals surface area contributed by atoms with Crippen molar-refractivity contribution in [1.29, 1.82) is 0 Å². The van der Waals surface area contributed by atoms with E-state index in [2.05, 4.69) is 15.6 Å². The van der Waals surface area contributed by atoms with Crippen molar-refractivity contribution in [3.05, 3.63) is 22.9 Å². The molecule has 0 radical (unpaired) electrons. The molecule has 0 bridgehead atoms. The van der Waals surface area contributed by atoms with Crippen molar-refractivity contribution in [2.75, 3.05) is 26.9 Å². The lowest BCUT2D eigenvalue weighted by atomic mass is 10.1. The van der Waals surface area contributed by atoms with Crippen molar-refractivity contribution in [1.82, 2.24) is 20.5 Å². The van der Waals surface area contributed by atoms with Gasteiger partial charge in [-0.15, -0.1) is 0 Å². The van der Waals surface area contributed by atoms with E-state index >= 15 is 0 Å². The van der Waals surface area contributed by atoms with Crippen LogP contribution in [0.1, 0.15) is 53.7 Å². The van der Waals surface area contributed by atoms with Crippen LogP contribution >= 0.6 is 0 Å². The Morgan fingerprint density at radius 3 is 2.96 bits per heavy atom. The number of aromatic nitrogens is 1. The number of amides is 2. The van der Waals surface area contributed by atoms with Crippen LogP contribution in [0.5, 0.6) is 5.88 Å². The van der Waals surface area contributed by atoms with Gasteiger partial charge in [0.1, 0.15) is 0 Å². The van der Waals surface area contributed by atoms with E-state index in [4.69, 9.17) is 9.47 Å². The Morgan fingerprint density at radius 1 is 1.43 bits per heavy atom. The third-order valence-corrected chi connectivity index (χ3v) is 5.82. The summed E-state index contributed by atoms with van der Waals surface area (Å²) in [4.78, 5) is 31.7. The quantitative estimate of drug-likeness (QED) is 0.755. The van der Waals surface area contributed by atoms with Gasteiger partial charge in [-0.3, -0.25) is 9.59 Å². The number of nitrogens with zero attached hydrogens (tertiary/aromatic N) is 2. The number of hydrogen-bond acceptors (Lipinski definition) is 6. The second kappa shape index (κ2) is 8.45. The molecule has 2 amide bonds. The summed E-state index contributed by atoms with van der Waals surface area (Å²) < 4.78 is 10.8. The van der Waals surface area contributed by atoms with E-state index in [1.807, 2.05) is 11.0 Å². The second-order valence-corrected chi connectivity index (χ2v) is 7.73. The van der Waals surface area contributed by atoms with Crippen LogP contribution in [0.3, 0.4) is 0 Å². The molecule has 1 atom stereocenters. The minimum Gasteiger partial charge on any atom is -0.481 e. The third-order valence-electron chi connectivity index (χ3n) is 5.82. The number of nitrogens with one attached hydrogen (secondary N) is 2. The molecule has 28 heavy (non-hydrogen) atoms. The van der Waals surface area contributed by atoms with Gasteiger partial charge in [-0.1, -0.05) is 12.8 Å². The number of carbonyl (C=O) groups is 2. The van der Waals surface area contributed by atoms with Gasteiger partial charge in [0.25, 0.3) is 5.91 Å². The van der Waals surface area contributed by atoms with Gasteiger partial charge in [0.05, 0.1) is 38.1 Å². The first kappa shape index (κ1) is 19.1. The largest absolute Gasteiger partial charge is 0.481 e. The van der Waals surface area contributed by atoms with E-state index in [9.17, 15) is 9.59 Å². The minimum atomic E-state index is -0.0653. The number of methoxy groups -OCH3 is 1. The fourth-order valence-electron chi connectivity index (χ4n) is 4.32. The summed E-state index contributed by atoms with van der Waals surface area (Å²) in [5.41, 5.74) is 2.13. The third kappa shape index (κ3) is 3.98. The Kier molecular flexibility index (Phi) is 5.77. The van der Waals surface area contributed by atoms with E-state index in [1.54, 1.807) is 7.11 Å². The van der Waals surface area contributed by atoms with E-state index in [1.165, 1.54) is 12.8 Å². The van der Waals surface area contributed by atoms with Crippen LogP contribution in [0.15, 0.2) is 6.07 Å². The van der Waals surface area contributed by atoms with E-state index in [-0.39, 0.29) is 24.4 Å². The average Bonchev–Trinajstić information content (AvgIpc) is 3.34. The molecule has 2 aliphatic heterocycles. The van der Waals surface area contributed by atoms with Gasteiger partial charge in [-0.05, 0) is 18.9 Å². The molecule has 8 heteroatoms. The van der Waals surface area contributed by atoms with Gasteiger partial charge in [-0.2, -0.15) is 0 Å². The number of morpholine rings is 1. The summed E-state index contributed by atoms with van der Waals surface area (Å²) in [6.45, 7) is 2.83. The average molecular weight is 388 g/mol. The minimum absolute atomic E-state index is 0.0374. The molecular weight excluding hydrogens is 360 g/mol. The standard InChI is InChI=1S/C20H28N4O4/c1-27-19-13(10-22-18(25)9-14-12-28-7-6-21-14)8-16-17(23-19)11-24(20(16)26)15-4-2-3-5-15/h8,14-15,21H,2-7,9-12H2,1H3,(H,22,25)/t14-/m0/s1. The molecule has 1 saturated heterocycles. The van der Waals surface area contributed by atoms with Crippen LogP contribution < -0.4 is 15.4 Å². The van der Waals surface area contributed by atoms with E-state index in [0.29, 0.717) is 43.7 Å². The van der Waals surface area contributed by atoms with Crippen molar-refractivity contribution < 1.29 is 19.1 Å². The monoisotopic (exact) mass is 388 g/mol. The highest BCUT2D eigenvalue weighted by Gasteiger charge is 2.36. The number of fused-ring (bicyclic) bond motifs is 1. The summed E-state index contributed by atoms with van der Waals surface area (Å²) in [5.74, 6) is 0.455. The molecule has 1 aromatic heterocycles. The molecule has 2 N–H and O–H groups in total. The maximum absolute atomic E-state index is 12.9. The van der Waals surface area contributed by atoms with Crippen LogP contribution in [0.4, 0.5) is 0 Å². The lowest BCUT2D eigenvalue weighted by Gasteiger charge is -2.23. The molecule has 0 aromatic carbocycles. The molecule has 4 rings (SSSR count). The summed E-state index contributed by atoms with van der Waals surface area (Å²) in [7, 11) is 1.56. The lowest BCUT2D eigenvalue weighted by Crippen LogP contribution is -2.44. The molecule has 0 spiro atoms. The number of hydrogen-bond donors (Lipinski definition) is 2. The van der Waals surface area contributed by atoms with Crippen molar-refractivity contribution in [3.8, 4) is 5.88 Å². The van der Waals surface area contributed by atoms with Gasteiger partial charge in [0.2, 0.25) is 11.8 Å². The Bertz CT molecular complexity index is 742. The first-order valence-corrected chi connectivity index (χ1v) is 10.1. The number of pyridine rings is 1. The Balaban J connectivity index is 1.42. The van der Waals surface area contributed by atoms with Gasteiger partial charge < -0.3 is 25.0 Å². The van der Waals surface area contributed by atoms with Crippen LogP contribution in [0.2, 0.25) is 0 Å². The molecule has 8 nitrogen and oxygen atoms in total. The molecular formula is C20H28N4O4. The number of rotatable bonds is 6. The highest BCUT2D eigenvalue weighted by atomic mass is 16.5. The zero-order valence-corrected chi connectivity index (χ0v) is 16.3. The molecule has 0 unspecified atom stereocenters. The summed E-state index contributed by atoms with van der Waals surface area (Å²) in [5, 5.41) is 6.18. The van der Waals surface area contributed by atoms with E-state index in [0.717, 1.165) is 30.6 Å². The molecule has 1 aliphatic carbocycles. The van der Waals surface area contributed by atoms with Gasteiger partial charge >= 0.3 is 0 Å². The summed E-state index contributed by atoms with van der Waals surface area (Å²) in [6.07, 6.45) is 4.85. The smallest absolute Gasteiger partial charge is 0.256 e. The highest BCUT2D eigenvalue weighted by Crippen LogP contribution is 2.33. The predicted octanol–water partition coefficient (Wildman–Crippen LogP) is 0.983. The molecule has 3 aliphatic rings. The summed E-state index contributed by atoms with van der Waals surface area (Å²) in [6, 6.07) is 2.19. The first-order valence-electron chi connectivity index (χ1n) is 10.1. The Morgan fingerprint density at radius 2 is 2.25 bits per heavy atom. The molecule has 3 heterocycles. The van der Waals surface area contributed by atoms with Gasteiger partial charge in [0.15, 0.2) is 0 Å². The SMILES string of the molecule is COc1nc2c(cc1CNC(=O)C[C@H]1COCCN1)C(=O)N(C1CCCC1)C2. The van der Waals surface area contributed by atoms with Gasteiger partial charge in [0, 0.05) is 37.2 Å². The predicted molar refractivity (Wildman–Crippen MR) is 102 cm³/mol. The fourth-order valence-corrected chi connectivity index (χ4v) is 4.32. The second-order valence-electron chi connectivity index (χ2n) is 7.73. The van der Waals surface area contributed by atoms with Crippen LogP contribution in [-0.2, 0) is 22.6 Å². The fraction of sp³-hybridized carbons (Fsp3) is 0.650. The molecule has 152 valence electrons. The van der Waals surface area contributed by atoms with Crippen molar-refractivity contribution >= 4 is 11.8 Å². The maximum atomic E-state index is 12.9. The zero-order chi connectivity index (χ0) is 19.5. The first-order chi connectivity index (χ1) is 13.7. The summed E-state index contributed by atoms with van der Waals surface area (Å²) >= 11 is 0. The highest BCUT2D eigenvalue weighted by molar-refractivity contribution is 5.98. The maximum Gasteiger partial charge on any atom is 0.256 e. The molecule has 1 aromatic rings. The zero-order valence-electron chi connectivity index (χ0n) is 16.3. The van der Waals surface area contributed by atoms with Crippen LogP contribution in [0, 0.1) is 0 Å². The van der Waals surface area contributed by atoms with Crippen molar-refractivity contribution in [3.63, 3.8) is 0 Å². The van der Waals surface area contributed by atoms with E-state index < -0.39 is 0 Å². The topological polar surface area (TPSA) is 92.8 Å². The molecule has 2 fully saturated rings.